The molecule has 18 heavy (non-hydrogen) atoms. The quantitative estimate of drug-likeness (QED) is 0.787. The Morgan fingerprint density at radius 1 is 1.39 bits per heavy atom. The van der Waals surface area contributed by atoms with E-state index in [0.717, 1.165) is 11.3 Å². The van der Waals surface area contributed by atoms with Gasteiger partial charge in [-0.1, -0.05) is 26.0 Å². The molecule has 1 aromatic rings. The summed E-state index contributed by atoms with van der Waals surface area (Å²) in [6.45, 7) is 4.27. The molecule has 0 saturated carbocycles. The van der Waals surface area contributed by atoms with E-state index in [1.165, 1.54) is 0 Å². The fourth-order valence-electron chi connectivity index (χ4n) is 1.63. The van der Waals surface area contributed by atoms with Crippen molar-refractivity contribution in [2.45, 2.75) is 32.9 Å². The van der Waals surface area contributed by atoms with Crippen molar-refractivity contribution >= 4 is 5.97 Å². The largest absolute Gasteiger partial charge is 0.497 e. The third kappa shape index (κ3) is 4.75. The van der Waals surface area contributed by atoms with Crippen LogP contribution in [0.5, 0.6) is 5.75 Å². The second kappa shape index (κ2) is 7.01. The molecule has 100 valence electrons. The molecule has 0 spiro atoms. The van der Waals surface area contributed by atoms with Crippen molar-refractivity contribution in [1.29, 1.82) is 0 Å². The van der Waals surface area contributed by atoms with Crippen LogP contribution >= 0.6 is 0 Å². The van der Waals surface area contributed by atoms with Crippen molar-refractivity contribution in [3.8, 4) is 5.75 Å². The molecule has 1 atom stereocenters. The minimum Gasteiger partial charge on any atom is -0.497 e. The summed E-state index contributed by atoms with van der Waals surface area (Å²) < 4.78 is 10.3. The predicted octanol–water partition coefficient (Wildman–Crippen LogP) is 2.11. The minimum absolute atomic E-state index is 0.224. The standard InChI is InChI=1S/C14H21NO3/c1-10(2)7-13(15)14(16)18-9-11-5-4-6-12(8-11)17-3/h4-6,8,10,13H,7,9,15H2,1-3H3/t13-/m1/s1. The van der Waals surface area contributed by atoms with Gasteiger partial charge in [0.25, 0.3) is 0 Å². The first kappa shape index (κ1) is 14.5. The van der Waals surface area contributed by atoms with Crippen molar-refractivity contribution in [3.05, 3.63) is 29.8 Å². The first-order chi connectivity index (χ1) is 8.52. The smallest absolute Gasteiger partial charge is 0.323 e. The van der Waals surface area contributed by atoms with Crippen LogP contribution in [0.3, 0.4) is 0 Å². The monoisotopic (exact) mass is 251 g/mol. The van der Waals surface area contributed by atoms with E-state index in [1.54, 1.807) is 7.11 Å². The van der Waals surface area contributed by atoms with Gasteiger partial charge in [0, 0.05) is 0 Å². The van der Waals surface area contributed by atoms with Crippen LogP contribution < -0.4 is 10.5 Å². The number of hydrogen-bond donors (Lipinski definition) is 1. The Hall–Kier alpha value is -1.55. The van der Waals surface area contributed by atoms with Crippen LogP contribution in [-0.2, 0) is 16.1 Å². The van der Waals surface area contributed by atoms with Gasteiger partial charge in [0.15, 0.2) is 0 Å². The molecular formula is C14H21NO3. The molecule has 0 radical (unpaired) electrons. The van der Waals surface area contributed by atoms with Crippen LogP contribution in [0.25, 0.3) is 0 Å². The average molecular weight is 251 g/mol. The SMILES string of the molecule is COc1cccc(COC(=O)[C@H](N)CC(C)C)c1. The number of nitrogens with two attached hydrogens (primary N) is 1. The van der Waals surface area contributed by atoms with Crippen molar-refractivity contribution in [2.24, 2.45) is 11.7 Å². The zero-order chi connectivity index (χ0) is 13.5. The topological polar surface area (TPSA) is 61.5 Å². The van der Waals surface area contributed by atoms with E-state index < -0.39 is 6.04 Å². The highest BCUT2D eigenvalue weighted by Gasteiger charge is 2.16. The van der Waals surface area contributed by atoms with Crippen LogP contribution in [0, 0.1) is 5.92 Å². The lowest BCUT2D eigenvalue weighted by Crippen LogP contribution is -2.33. The van der Waals surface area contributed by atoms with Crippen molar-refractivity contribution < 1.29 is 14.3 Å². The van der Waals surface area contributed by atoms with Gasteiger partial charge in [-0.15, -0.1) is 0 Å². The lowest BCUT2D eigenvalue weighted by Gasteiger charge is -2.13. The fourth-order valence-corrected chi connectivity index (χ4v) is 1.63. The molecule has 1 aromatic carbocycles. The predicted molar refractivity (Wildman–Crippen MR) is 70.2 cm³/mol. The Bertz CT molecular complexity index is 390. The Morgan fingerprint density at radius 2 is 2.11 bits per heavy atom. The maximum atomic E-state index is 11.6. The van der Waals surface area contributed by atoms with Crippen molar-refractivity contribution in [3.63, 3.8) is 0 Å². The summed E-state index contributed by atoms with van der Waals surface area (Å²) in [5.41, 5.74) is 6.63. The molecule has 0 aromatic heterocycles. The van der Waals surface area contributed by atoms with Gasteiger partial charge in [-0.3, -0.25) is 4.79 Å². The van der Waals surface area contributed by atoms with Crippen LogP contribution in [-0.4, -0.2) is 19.1 Å². The highest BCUT2D eigenvalue weighted by Crippen LogP contribution is 2.13. The Morgan fingerprint density at radius 3 is 2.72 bits per heavy atom. The summed E-state index contributed by atoms with van der Waals surface area (Å²) in [6.07, 6.45) is 0.636. The van der Waals surface area contributed by atoms with Gasteiger partial charge in [-0.2, -0.15) is 0 Å². The molecule has 4 heteroatoms. The lowest BCUT2D eigenvalue weighted by molar-refractivity contribution is -0.146. The van der Waals surface area contributed by atoms with Crippen LogP contribution in [0.4, 0.5) is 0 Å². The second-order valence-electron chi connectivity index (χ2n) is 4.70. The number of hydrogen-bond acceptors (Lipinski definition) is 4. The van der Waals surface area contributed by atoms with Gasteiger partial charge in [0.2, 0.25) is 0 Å². The summed E-state index contributed by atoms with van der Waals surface area (Å²) in [5.74, 6) is 0.769. The van der Waals surface area contributed by atoms with Crippen LogP contribution in [0.2, 0.25) is 0 Å². The molecule has 0 bridgehead atoms. The highest BCUT2D eigenvalue weighted by molar-refractivity contribution is 5.75. The molecule has 2 N–H and O–H groups in total. The summed E-state index contributed by atoms with van der Waals surface area (Å²) in [4.78, 5) is 11.6. The summed E-state index contributed by atoms with van der Waals surface area (Å²) in [7, 11) is 1.60. The van der Waals surface area contributed by atoms with E-state index in [9.17, 15) is 4.79 Å². The molecule has 1 rings (SSSR count). The Labute approximate surface area is 108 Å². The summed E-state index contributed by atoms with van der Waals surface area (Å²) in [5, 5.41) is 0. The third-order valence-corrected chi connectivity index (χ3v) is 2.54. The first-order valence-corrected chi connectivity index (χ1v) is 6.08. The number of benzene rings is 1. The number of rotatable bonds is 6. The van der Waals surface area contributed by atoms with E-state index in [-0.39, 0.29) is 12.6 Å². The number of methoxy groups -OCH3 is 1. The van der Waals surface area contributed by atoms with Crippen LogP contribution in [0.1, 0.15) is 25.8 Å². The molecule has 0 aliphatic heterocycles. The number of ether oxygens (including phenoxy) is 2. The molecule has 0 aliphatic rings. The lowest BCUT2D eigenvalue weighted by atomic mass is 10.1. The van der Waals surface area contributed by atoms with Crippen molar-refractivity contribution in [2.75, 3.05) is 7.11 Å². The van der Waals surface area contributed by atoms with E-state index in [2.05, 4.69) is 0 Å². The average Bonchev–Trinajstić information content (AvgIpc) is 2.35. The van der Waals surface area contributed by atoms with Crippen LogP contribution in [0.15, 0.2) is 24.3 Å². The Kier molecular flexibility index (Phi) is 5.65. The van der Waals surface area contributed by atoms with Gasteiger partial charge >= 0.3 is 5.97 Å². The maximum absolute atomic E-state index is 11.6. The molecule has 0 fully saturated rings. The van der Waals surface area contributed by atoms with Gasteiger partial charge < -0.3 is 15.2 Å². The van der Waals surface area contributed by atoms with Crippen molar-refractivity contribution in [1.82, 2.24) is 0 Å². The molecular weight excluding hydrogens is 230 g/mol. The van der Waals surface area contributed by atoms with E-state index >= 15 is 0 Å². The molecule has 0 amide bonds. The van der Waals surface area contributed by atoms with E-state index in [0.29, 0.717) is 12.3 Å². The van der Waals surface area contributed by atoms with Gasteiger partial charge in [-0.05, 0) is 30.0 Å². The number of carbonyl (C=O) groups excluding carboxylic acids is 1. The number of carbonyl (C=O) groups is 1. The van der Waals surface area contributed by atoms with E-state index in [4.69, 9.17) is 15.2 Å². The molecule has 0 heterocycles. The van der Waals surface area contributed by atoms with E-state index in [1.807, 2.05) is 38.1 Å². The minimum atomic E-state index is -0.546. The second-order valence-corrected chi connectivity index (χ2v) is 4.70. The summed E-state index contributed by atoms with van der Waals surface area (Å²) in [6, 6.07) is 6.87. The molecule has 0 aliphatic carbocycles. The maximum Gasteiger partial charge on any atom is 0.323 e. The van der Waals surface area contributed by atoms with Gasteiger partial charge in [0.05, 0.1) is 7.11 Å². The molecule has 0 unspecified atom stereocenters. The first-order valence-electron chi connectivity index (χ1n) is 6.08. The van der Waals surface area contributed by atoms with Gasteiger partial charge in [0.1, 0.15) is 18.4 Å². The zero-order valence-corrected chi connectivity index (χ0v) is 11.2. The number of esters is 1. The molecule has 0 saturated heterocycles. The summed E-state index contributed by atoms with van der Waals surface area (Å²) >= 11 is 0. The third-order valence-electron chi connectivity index (χ3n) is 2.54. The van der Waals surface area contributed by atoms with Gasteiger partial charge in [-0.25, -0.2) is 0 Å². The normalized spacial score (nSPS) is 12.3. The zero-order valence-electron chi connectivity index (χ0n) is 11.2. The highest BCUT2D eigenvalue weighted by atomic mass is 16.5. The fraction of sp³-hybridized carbons (Fsp3) is 0.500. The molecule has 4 nitrogen and oxygen atoms in total. The Balaban J connectivity index is 2.46.